The van der Waals surface area contributed by atoms with Crippen molar-refractivity contribution >= 4 is 17.3 Å². The van der Waals surface area contributed by atoms with Crippen LogP contribution in [0, 0.1) is 5.92 Å². The minimum Gasteiger partial charge on any atom is -0.337 e. The second-order valence-corrected chi connectivity index (χ2v) is 9.68. The number of carbonyl (C=O) groups excluding carboxylic acids is 2. The standard InChI is InChI=1S/C26H30F3N5O2/c1-17(2)14-19(18-7-9-20(10-8-18)26(27,28)29)16-33(30)24(35)21-6-5-13-34-23(21)15-22(31-34)25(36)32-11-3-4-12-32/h5-10,13,15,17,19H,3-4,11-12,14,16,30H2,1-2H3. The lowest BCUT2D eigenvalue weighted by molar-refractivity contribution is -0.137. The highest BCUT2D eigenvalue weighted by atomic mass is 19.4. The molecule has 3 heterocycles. The van der Waals surface area contributed by atoms with Gasteiger partial charge in [-0.3, -0.25) is 14.6 Å². The molecule has 1 aliphatic heterocycles. The summed E-state index contributed by atoms with van der Waals surface area (Å²) in [7, 11) is 0. The SMILES string of the molecule is CC(C)CC(CN(N)C(=O)c1cccn2nc(C(=O)N3CCCC3)cc12)c1ccc(C(F)(F)F)cc1. The highest BCUT2D eigenvalue weighted by Gasteiger charge is 2.31. The first-order valence-electron chi connectivity index (χ1n) is 12.1. The molecule has 2 aromatic heterocycles. The number of rotatable bonds is 7. The van der Waals surface area contributed by atoms with Gasteiger partial charge in [0.1, 0.15) is 0 Å². The molecule has 0 bridgehead atoms. The molecule has 7 nitrogen and oxygen atoms in total. The number of carbonyl (C=O) groups is 2. The van der Waals surface area contributed by atoms with Crippen LogP contribution in [0.2, 0.25) is 0 Å². The van der Waals surface area contributed by atoms with Crippen LogP contribution in [0.15, 0.2) is 48.7 Å². The summed E-state index contributed by atoms with van der Waals surface area (Å²) in [6.07, 6.45) is -0.195. The number of pyridine rings is 1. The van der Waals surface area contributed by atoms with Crippen molar-refractivity contribution < 1.29 is 22.8 Å². The molecule has 2 amide bonds. The van der Waals surface area contributed by atoms with Crippen molar-refractivity contribution in [2.75, 3.05) is 19.6 Å². The van der Waals surface area contributed by atoms with Crippen molar-refractivity contribution in [3.63, 3.8) is 0 Å². The van der Waals surface area contributed by atoms with Crippen molar-refractivity contribution in [2.45, 2.75) is 45.2 Å². The number of alkyl halides is 3. The van der Waals surface area contributed by atoms with Gasteiger partial charge in [-0.2, -0.15) is 18.3 Å². The van der Waals surface area contributed by atoms with Crippen LogP contribution in [0.25, 0.3) is 5.52 Å². The Morgan fingerprint density at radius 3 is 2.39 bits per heavy atom. The first-order chi connectivity index (χ1) is 17.0. The molecule has 4 rings (SSSR count). The van der Waals surface area contributed by atoms with Crippen LogP contribution in [-0.2, 0) is 6.18 Å². The highest BCUT2D eigenvalue weighted by molar-refractivity contribution is 6.02. The maximum atomic E-state index is 13.3. The van der Waals surface area contributed by atoms with E-state index in [0.717, 1.165) is 30.0 Å². The van der Waals surface area contributed by atoms with Crippen LogP contribution in [-0.4, -0.2) is 51.0 Å². The topological polar surface area (TPSA) is 83.9 Å². The minimum absolute atomic E-state index is 0.122. The van der Waals surface area contributed by atoms with E-state index in [9.17, 15) is 22.8 Å². The van der Waals surface area contributed by atoms with Gasteiger partial charge in [-0.15, -0.1) is 0 Å². The molecule has 2 N–H and O–H groups in total. The number of amides is 2. The third-order valence-corrected chi connectivity index (χ3v) is 6.49. The number of benzene rings is 1. The van der Waals surface area contributed by atoms with Crippen molar-refractivity contribution in [3.8, 4) is 0 Å². The number of likely N-dealkylation sites (tertiary alicyclic amines) is 1. The Hall–Kier alpha value is -3.40. The summed E-state index contributed by atoms with van der Waals surface area (Å²) in [6.45, 7) is 5.51. The molecular weight excluding hydrogens is 471 g/mol. The van der Waals surface area contributed by atoms with Crippen LogP contribution in [0.5, 0.6) is 0 Å². The van der Waals surface area contributed by atoms with E-state index in [-0.39, 0.29) is 30.0 Å². The maximum Gasteiger partial charge on any atom is 0.416 e. The summed E-state index contributed by atoms with van der Waals surface area (Å²) < 4.78 is 40.5. The molecule has 1 aromatic carbocycles. The predicted molar refractivity (Wildman–Crippen MR) is 129 cm³/mol. The number of hydrazine groups is 1. The lowest BCUT2D eigenvalue weighted by Crippen LogP contribution is -2.40. The number of halogens is 3. The van der Waals surface area contributed by atoms with E-state index in [2.05, 4.69) is 5.10 Å². The number of aromatic nitrogens is 2. The molecule has 0 saturated carbocycles. The van der Waals surface area contributed by atoms with E-state index in [1.54, 1.807) is 29.3 Å². The van der Waals surface area contributed by atoms with Gasteiger partial charge in [0.25, 0.3) is 11.8 Å². The lowest BCUT2D eigenvalue weighted by atomic mass is 9.89. The molecule has 192 valence electrons. The lowest BCUT2D eigenvalue weighted by Gasteiger charge is -2.26. The van der Waals surface area contributed by atoms with Gasteiger partial charge in [-0.05, 0) is 61.1 Å². The number of fused-ring (bicyclic) bond motifs is 1. The van der Waals surface area contributed by atoms with Gasteiger partial charge in [0.05, 0.1) is 16.6 Å². The van der Waals surface area contributed by atoms with Gasteiger partial charge in [0, 0.05) is 31.7 Å². The Labute approximate surface area is 207 Å². The summed E-state index contributed by atoms with van der Waals surface area (Å²) in [5.74, 6) is 5.58. The van der Waals surface area contributed by atoms with Gasteiger partial charge in [-0.1, -0.05) is 26.0 Å². The summed E-state index contributed by atoms with van der Waals surface area (Å²) in [4.78, 5) is 27.9. The van der Waals surface area contributed by atoms with Gasteiger partial charge >= 0.3 is 6.18 Å². The smallest absolute Gasteiger partial charge is 0.337 e. The quantitative estimate of drug-likeness (QED) is 0.288. The van der Waals surface area contributed by atoms with Crippen molar-refractivity contribution in [2.24, 2.45) is 11.8 Å². The molecule has 10 heteroatoms. The molecular formula is C26H30F3N5O2. The van der Waals surface area contributed by atoms with E-state index in [0.29, 0.717) is 36.2 Å². The fraction of sp³-hybridized carbons (Fsp3) is 0.423. The van der Waals surface area contributed by atoms with Gasteiger partial charge < -0.3 is 4.90 Å². The van der Waals surface area contributed by atoms with Gasteiger partial charge in [0.15, 0.2) is 5.69 Å². The van der Waals surface area contributed by atoms with Crippen LogP contribution >= 0.6 is 0 Å². The summed E-state index contributed by atoms with van der Waals surface area (Å²) >= 11 is 0. The second-order valence-electron chi connectivity index (χ2n) is 9.68. The monoisotopic (exact) mass is 501 g/mol. The second kappa shape index (κ2) is 10.3. The first-order valence-corrected chi connectivity index (χ1v) is 12.1. The highest BCUT2D eigenvalue weighted by Crippen LogP contribution is 2.32. The maximum absolute atomic E-state index is 13.3. The van der Waals surface area contributed by atoms with Crippen molar-refractivity contribution in [3.05, 3.63) is 71.0 Å². The Balaban J connectivity index is 1.56. The zero-order valence-corrected chi connectivity index (χ0v) is 20.3. The van der Waals surface area contributed by atoms with Crippen LogP contribution < -0.4 is 5.84 Å². The fourth-order valence-electron chi connectivity index (χ4n) is 4.69. The molecule has 1 saturated heterocycles. The summed E-state index contributed by atoms with van der Waals surface area (Å²) in [5, 5.41) is 5.45. The number of hydrogen-bond donors (Lipinski definition) is 1. The Bertz CT molecular complexity index is 1230. The number of nitrogens with zero attached hydrogens (tertiary/aromatic N) is 4. The molecule has 3 aromatic rings. The molecule has 1 fully saturated rings. The van der Waals surface area contributed by atoms with E-state index in [1.165, 1.54) is 16.6 Å². The molecule has 0 radical (unpaired) electrons. The number of nitrogens with two attached hydrogens (primary N) is 1. The Kier molecular flexibility index (Phi) is 7.35. The van der Waals surface area contributed by atoms with E-state index in [4.69, 9.17) is 5.84 Å². The summed E-state index contributed by atoms with van der Waals surface area (Å²) in [5.41, 5.74) is 0.991. The Morgan fingerprint density at radius 2 is 1.78 bits per heavy atom. The van der Waals surface area contributed by atoms with E-state index >= 15 is 0 Å². The minimum atomic E-state index is -4.42. The van der Waals surface area contributed by atoms with Gasteiger partial charge in [-0.25, -0.2) is 10.4 Å². The normalized spacial score (nSPS) is 15.0. The average Bonchev–Trinajstić information content (AvgIpc) is 3.52. The fourth-order valence-corrected chi connectivity index (χ4v) is 4.69. The number of hydrogen-bond acceptors (Lipinski definition) is 4. The zero-order valence-electron chi connectivity index (χ0n) is 20.3. The molecule has 0 aliphatic carbocycles. The molecule has 1 aliphatic rings. The predicted octanol–water partition coefficient (Wildman–Crippen LogP) is 4.73. The van der Waals surface area contributed by atoms with Crippen molar-refractivity contribution in [1.82, 2.24) is 19.5 Å². The van der Waals surface area contributed by atoms with E-state index in [1.807, 2.05) is 13.8 Å². The third-order valence-electron chi connectivity index (χ3n) is 6.49. The van der Waals surface area contributed by atoms with Gasteiger partial charge in [0.2, 0.25) is 0 Å². The average molecular weight is 502 g/mol. The van der Waals surface area contributed by atoms with Crippen LogP contribution in [0.4, 0.5) is 13.2 Å². The van der Waals surface area contributed by atoms with E-state index < -0.39 is 17.6 Å². The van der Waals surface area contributed by atoms with Crippen molar-refractivity contribution in [1.29, 1.82) is 0 Å². The molecule has 1 atom stereocenters. The molecule has 0 spiro atoms. The molecule has 36 heavy (non-hydrogen) atoms. The Morgan fingerprint density at radius 1 is 1.11 bits per heavy atom. The molecule has 1 unspecified atom stereocenters. The largest absolute Gasteiger partial charge is 0.416 e. The zero-order chi connectivity index (χ0) is 26.0. The van der Waals surface area contributed by atoms with Crippen LogP contribution in [0.1, 0.15) is 71.0 Å². The first kappa shape index (κ1) is 25.7. The summed E-state index contributed by atoms with van der Waals surface area (Å²) in [6, 6.07) is 9.88. The van der Waals surface area contributed by atoms with Crippen LogP contribution in [0.3, 0.4) is 0 Å². The third kappa shape index (κ3) is 5.53.